The summed E-state index contributed by atoms with van der Waals surface area (Å²) in [6.07, 6.45) is 7.82. The minimum atomic E-state index is -0.473. The number of halogens is 1. The number of aromatic nitrogens is 2. The second-order valence-corrected chi connectivity index (χ2v) is 9.64. The SMILES string of the molecule is C[C@@H]1C[C@H](N)C[C@H](c2ccncc2NC(=O)c2ccc(F)c3cc(N4CCNC(=O)C4)cnc23)C1. The van der Waals surface area contributed by atoms with Crippen LogP contribution in [-0.2, 0) is 4.79 Å². The molecule has 8 nitrogen and oxygen atoms in total. The normalized spacial score (nSPS) is 22.7. The predicted octanol–water partition coefficient (Wildman–Crippen LogP) is 3.19. The number of nitrogens with two attached hydrogens (primary N) is 1. The molecule has 1 aliphatic heterocycles. The maximum absolute atomic E-state index is 14.8. The fraction of sp³-hybridized carbons (Fsp3) is 0.385. The van der Waals surface area contributed by atoms with E-state index in [1.165, 1.54) is 12.1 Å². The van der Waals surface area contributed by atoms with Gasteiger partial charge in [-0.15, -0.1) is 0 Å². The van der Waals surface area contributed by atoms with Crippen molar-refractivity contribution in [1.82, 2.24) is 15.3 Å². The Hall–Kier alpha value is -3.59. The van der Waals surface area contributed by atoms with Crippen molar-refractivity contribution < 1.29 is 14.0 Å². The maximum Gasteiger partial charge on any atom is 0.257 e. The van der Waals surface area contributed by atoms with Gasteiger partial charge in [0.05, 0.1) is 41.4 Å². The van der Waals surface area contributed by atoms with Crippen molar-refractivity contribution in [2.45, 2.75) is 38.1 Å². The summed E-state index contributed by atoms with van der Waals surface area (Å²) in [6, 6.07) is 6.44. The van der Waals surface area contributed by atoms with Crippen molar-refractivity contribution in [3.05, 3.63) is 59.8 Å². The van der Waals surface area contributed by atoms with E-state index in [1.54, 1.807) is 24.7 Å². The average Bonchev–Trinajstić information content (AvgIpc) is 2.84. The third-order valence-corrected chi connectivity index (χ3v) is 6.95. The highest BCUT2D eigenvalue weighted by Gasteiger charge is 2.28. The summed E-state index contributed by atoms with van der Waals surface area (Å²) >= 11 is 0. The van der Waals surface area contributed by atoms with E-state index in [9.17, 15) is 14.0 Å². The Morgan fingerprint density at radius 2 is 2.09 bits per heavy atom. The number of carbonyl (C=O) groups is 2. The molecule has 3 aromatic rings. The Kier molecular flexibility index (Phi) is 6.34. The number of benzene rings is 1. The first-order valence-corrected chi connectivity index (χ1v) is 12.0. The first-order valence-electron chi connectivity index (χ1n) is 12.0. The zero-order valence-electron chi connectivity index (χ0n) is 19.6. The Balaban J connectivity index is 1.44. The predicted molar refractivity (Wildman–Crippen MR) is 133 cm³/mol. The number of pyridine rings is 2. The molecule has 0 unspecified atom stereocenters. The van der Waals surface area contributed by atoms with Gasteiger partial charge in [0.1, 0.15) is 5.82 Å². The number of fused-ring (bicyclic) bond motifs is 1. The lowest BCUT2D eigenvalue weighted by Crippen LogP contribution is -2.47. The second kappa shape index (κ2) is 9.58. The van der Waals surface area contributed by atoms with E-state index in [4.69, 9.17) is 5.73 Å². The van der Waals surface area contributed by atoms with Crippen molar-refractivity contribution in [2.24, 2.45) is 11.7 Å². The number of nitrogens with one attached hydrogen (secondary N) is 2. The van der Waals surface area contributed by atoms with Gasteiger partial charge in [0, 0.05) is 30.7 Å². The molecule has 9 heteroatoms. The quantitative estimate of drug-likeness (QED) is 0.533. The highest BCUT2D eigenvalue weighted by Crippen LogP contribution is 2.38. The minimum Gasteiger partial charge on any atom is -0.359 e. The van der Waals surface area contributed by atoms with Crippen LogP contribution in [-0.4, -0.2) is 47.5 Å². The molecule has 2 fully saturated rings. The van der Waals surface area contributed by atoms with Crippen LogP contribution in [0.25, 0.3) is 10.9 Å². The molecule has 3 heterocycles. The van der Waals surface area contributed by atoms with Gasteiger partial charge >= 0.3 is 0 Å². The molecule has 0 spiro atoms. The summed E-state index contributed by atoms with van der Waals surface area (Å²) in [5.41, 5.74) is 9.10. The van der Waals surface area contributed by atoms with E-state index in [2.05, 4.69) is 27.5 Å². The van der Waals surface area contributed by atoms with Gasteiger partial charge in [-0.3, -0.25) is 19.6 Å². The third-order valence-electron chi connectivity index (χ3n) is 6.95. The van der Waals surface area contributed by atoms with Crippen molar-refractivity contribution >= 4 is 34.1 Å². The zero-order chi connectivity index (χ0) is 24.5. The van der Waals surface area contributed by atoms with E-state index in [0.29, 0.717) is 30.4 Å². The second-order valence-electron chi connectivity index (χ2n) is 9.64. The number of anilines is 2. The third kappa shape index (κ3) is 4.81. The van der Waals surface area contributed by atoms with E-state index >= 15 is 0 Å². The molecule has 1 saturated carbocycles. The van der Waals surface area contributed by atoms with Gasteiger partial charge in [-0.25, -0.2) is 4.39 Å². The van der Waals surface area contributed by atoms with E-state index in [0.717, 1.165) is 24.8 Å². The van der Waals surface area contributed by atoms with Crippen LogP contribution in [0.2, 0.25) is 0 Å². The van der Waals surface area contributed by atoms with Crippen LogP contribution in [0.1, 0.15) is 48.0 Å². The maximum atomic E-state index is 14.8. The summed E-state index contributed by atoms with van der Waals surface area (Å²) in [5, 5.41) is 5.99. The highest BCUT2D eigenvalue weighted by atomic mass is 19.1. The molecule has 35 heavy (non-hydrogen) atoms. The summed E-state index contributed by atoms with van der Waals surface area (Å²) in [6.45, 7) is 3.50. The largest absolute Gasteiger partial charge is 0.359 e. The van der Waals surface area contributed by atoms with Crippen molar-refractivity contribution in [2.75, 3.05) is 29.9 Å². The molecule has 2 amide bonds. The molecule has 2 aromatic heterocycles. The first kappa shape index (κ1) is 23.2. The Morgan fingerprint density at radius 1 is 1.23 bits per heavy atom. The summed E-state index contributed by atoms with van der Waals surface area (Å²) in [7, 11) is 0. The Labute approximate surface area is 203 Å². The summed E-state index contributed by atoms with van der Waals surface area (Å²) in [5.74, 6) is -0.203. The fourth-order valence-electron chi connectivity index (χ4n) is 5.36. The van der Waals surface area contributed by atoms with E-state index in [-0.39, 0.29) is 46.8 Å². The average molecular weight is 477 g/mol. The molecular formula is C26H29FN6O2. The topological polar surface area (TPSA) is 113 Å². The van der Waals surface area contributed by atoms with Crippen LogP contribution in [0.4, 0.5) is 15.8 Å². The monoisotopic (exact) mass is 476 g/mol. The number of rotatable bonds is 4. The number of carbonyl (C=O) groups excluding carboxylic acids is 2. The molecule has 1 saturated heterocycles. The van der Waals surface area contributed by atoms with Gasteiger partial charge in [-0.2, -0.15) is 0 Å². The number of hydrogen-bond acceptors (Lipinski definition) is 6. The van der Waals surface area contributed by atoms with Crippen molar-refractivity contribution in [1.29, 1.82) is 0 Å². The Morgan fingerprint density at radius 3 is 2.89 bits per heavy atom. The summed E-state index contributed by atoms with van der Waals surface area (Å²) in [4.78, 5) is 35.6. The molecule has 2 aliphatic rings. The lowest BCUT2D eigenvalue weighted by atomic mass is 9.76. The lowest BCUT2D eigenvalue weighted by molar-refractivity contribution is -0.120. The van der Waals surface area contributed by atoms with Gasteiger partial charge in [0.15, 0.2) is 0 Å². The number of nitrogens with zero attached hydrogens (tertiary/aromatic N) is 3. The zero-order valence-corrected chi connectivity index (χ0v) is 19.6. The van der Waals surface area contributed by atoms with E-state index < -0.39 is 5.82 Å². The lowest BCUT2D eigenvalue weighted by Gasteiger charge is -2.32. The minimum absolute atomic E-state index is 0.0921. The first-order chi connectivity index (χ1) is 16.9. The van der Waals surface area contributed by atoms with Crippen molar-refractivity contribution in [3.63, 3.8) is 0 Å². The standard InChI is InChI=1S/C26H29FN6O2/c1-15-8-16(10-17(28)9-15)19-4-5-29-13-23(19)32-26(35)20-2-3-22(27)21-11-18(12-31-25(20)21)33-7-6-30-24(34)14-33/h2-5,11-13,15-17H,6-10,14,28H2,1H3,(H,30,34)(H,32,35)/t15-,16+,17-/m0/s1. The number of piperazine rings is 1. The summed E-state index contributed by atoms with van der Waals surface area (Å²) < 4.78 is 14.8. The molecule has 1 aromatic carbocycles. The van der Waals surface area contributed by atoms with Gasteiger partial charge < -0.3 is 21.3 Å². The molecule has 1 aliphatic carbocycles. The number of amides is 2. The number of hydrogen-bond donors (Lipinski definition) is 3. The molecule has 3 atom stereocenters. The van der Waals surface area contributed by atoms with Gasteiger partial charge in [-0.1, -0.05) is 6.92 Å². The molecule has 4 N–H and O–H groups in total. The smallest absolute Gasteiger partial charge is 0.257 e. The van der Waals surface area contributed by atoms with Gasteiger partial charge in [-0.05, 0) is 60.9 Å². The molecule has 5 rings (SSSR count). The van der Waals surface area contributed by atoms with Crippen LogP contribution in [0.5, 0.6) is 0 Å². The van der Waals surface area contributed by atoms with E-state index in [1.807, 2.05) is 11.0 Å². The van der Waals surface area contributed by atoms with Crippen LogP contribution in [0.3, 0.4) is 0 Å². The van der Waals surface area contributed by atoms with Crippen LogP contribution < -0.4 is 21.3 Å². The van der Waals surface area contributed by atoms with Crippen LogP contribution >= 0.6 is 0 Å². The molecule has 0 radical (unpaired) electrons. The van der Waals surface area contributed by atoms with Gasteiger partial charge in [0.2, 0.25) is 5.91 Å². The highest BCUT2D eigenvalue weighted by molar-refractivity contribution is 6.12. The van der Waals surface area contributed by atoms with Crippen LogP contribution in [0, 0.1) is 11.7 Å². The molecular weight excluding hydrogens is 447 g/mol. The fourth-order valence-corrected chi connectivity index (χ4v) is 5.36. The van der Waals surface area contributed by atoms with Crippen molar-refractivity contribution in [3.8, 4) is 0 Å². The molecule has 182 valence electrons. The van der Waals surface area contributed by atoms with Crippen LogP contribution in [0.15, 0.2) is 42.9 Å². The molecule has 0 bridgehead atoms. The Bertz CT molecular complexity index is 1270. The van der Waals surface area contributed by atoms with Gasteiger partial charge in [0.25, 0.3) is 5.91 Å².